The number of ether oxygens (including phenoxy) is 2. The van der Waals surface area contributed by atoms with Gasteiger partial charge in [-0.05, 0) is 35.9 Å². The van der Waals surface area contributed by atoms with Gasteiger partial charge in [0.2, 0.25) is 0 Å². The van der Waals surface area contributed by atoms with E-state index in [0.29, 0.717) is 21.9 Å². The molecule has 2 aromatic carbocycles. The number of benzene rings is 2. The summed E-state index contributed by atoms with van der Waals surface area (Å²) >= 11 is 5.98. The van der Waals surface area contributed by atoms with Crippen LogP contribution in [0.4, 0.5) is 4.39 Å². The normalized spacial score (nSPS) is 12.1. The average Bonchev–Trinajstić information content (AvgIpc) is 2.46. The van der Waals surface area contributed by atoms with Crippen molar-refractivity contribution in [2.45, 2.75) is 6.04 Å². The smallest absolute Gasteiger partial charge is 0.165 e. The summed E-state index contributed by atoms with van der Waals surface area (Å²) in [5, 5.41) is 0.547. The summed E-state index contributed by atoms with van der Waals surface area (Å²) in [7, 11) is 2.96. The molecule has 0 aliphatic carbocycles. The molecule has 1 unspecified atom stereocenters. The van der Waals surface area contributed by atoms with Crippen molar-refractivity contribution in [3.63, 3.8) is 0 Å². The minimum absolute atomic E-state index is 0.180. The zero-order valence-corrected chi connectivity index (χ0v) is 11.9. The second-order valence-electron chi connectivity index (χ2n) is 4.26. The van der Waals surface area contributed by atoms with Crippen molar-refractivity contribution in [3.8, 4) is 11.5 Å². The molecule has 3 nitrogen and oxygen atoms in total. The van der Waals surface area contributed by atoms with Crippen LogP contribution in [0.3, 0.4) is 0 Å². The monoisotopic (exact) mass is 295 g/mol. The molecular weight excluding hydrogens is 281 g/mol. The molecule has 106 valence electrons. The van der Waals surface area contributed by atoms with Gasteiger partial charge in [0.15, 0.2) is 11.6 Å². The molecule has 0 saturated carbocycles. The predicted octanol–water partition coefficient (Wildman–Crippen LogP) is 3.54. The van der Waals surface area contributed by atoms with E-state index in [4.69, 9.17) is 26.8 Å². The Bertz CT molecular complexity index is 619. The van der Waals surface area contributed by atoms with E-state index in [1.54, 1.807) is 37.4 Å². The summed E-state index contributed by atoms with van der Waals surface area (Å²) in [4.78, 5) is 0. The summed E-state index contributed by atoms with van der Waals surface area (Å²) in [6.45, 7) is 0. The Morgan fingerprint density at radius 3 is 2.30 bits per heavy atom. The summed E-state index contributed by atoms with van der Waals surface area (Å²) in [6.07, 6.45) is 0. The molecule has 0 aromatic heterocycles. The Morgan fingerprint density at radius 1 is 1.05 bits per heavy atom. The van der Waals surface area contributed by atoms with Crippen LogP contribution in [-0.2, 0) is 0 Å². The van der Waals surface area contributed by atoms with Crippen LogP contribution in [0.1, 0.15) is 17.2 Å². The van der Waals surface area contributed by atoms with Crippen LogP contribution >= 0.6 is 11.6 Å². The fourth-order valence-corrected chi connectivity index (χ4v) is 2.18. The second-order valence-corrected chi connectivity index (χ2v) is 4.69. The average molecular weight is 296 g/mol. The third-order valence-electron chi connectivity index (χ3n) is 3.06. The lowest BCUT2D eigenvalue weighted by Crippen LogP contribution is -2.13. The van der Waals surface area contributed by atoms with Crippen molar-refractivity contribution in [2.24, 2.45) is 5.73 Å². The van der Waals surface area contributed by atoms with Crippen LogP contribution in [0.5, 0.6) is 11.5 Å². The highest BCUT2D eigenvalue weighted by molar-refractivity contribution is 6.30. The van der Waals surface area contributed by atoms with Crippen LogP contribution in [0, 0.1) is 5.82 Å². The molecule has 2 rings (SSSR count). The van der Waals surface area contributed by atoms with Gasteiger partial charge in [-0.1, -0.05) is 17.7 Å². The number of methoxy groups -OCH3 is 2. The third kappa shape index (κ3) is 2.86. The van der Waals surface area contributed by atoms with Crippen LogP contribution in [-0.4, -0.2) is 14.2 Å². The fraction of sp³-hybridized carbons (Fsp3) is 0.200. The molecule has 0 aliphatic heterocycles. The van der Waals surface area contributed by atoms with E-state index < -0.39 is 11.9 Å². The van der Waals surface area contributed by atoms with Gasteiger partial charge in [-0.2, -0.15) is 0 Å². The molecule has 2 N–H and O–H groups in total. The topological polar surface area (TPSA) is 44.5 Å². The molecule has 0 heterocycles. The largest absolute Gasteiger partial charge is 0.496 e. The molecule has 1 atom stereocenters. The van der Waals surface area contributed by atoms with E-state index >= 15 is 0 Å². The van der Waals surface area contributed by atoms with Gasteiger partial charge in [-0.15, -0.1) is 0 Å². The number of hydrogen-bond acceptors (Lipinski definition) is 3. The molecule has 0 radical (unpaired) electrons. The van der Waals surface area contributed by atoms with Crippen LogP contribution < -0.4 is 15.2 Å². The highest BCUT2D eigenvalue weighted by Gasteiger charge is 2.16. The Labute approximate surface area is 122 Å². The maximum absolute atomic E-state index is 13.8. The molecule has 0 spiro atoms. The van der Waals surface area contributed by atoms with E-state index in [1.807, 2.05) is 0 Å². The first-order valence-electron chi connectivity index (χ1n) is 5.99. The Hall–Kier alpha value is -1.78. The van der Waals surface area contributed by atoms with Gasteiger partial charge in [0.25, 0.3) is 0 Å². The first kappa shape index (κ1) is 14.6. The van der Waals surface area contributed by atoms with E-state index in [-0.39, 0.29) is 5.75 Å². The molecule has 0 aliphatic rings. The summed E-state index contributed by atoms with van der Waals surface area (Å²) in [6, 6.07) is 9.23. The molecule has 0 saturated heterocycles. The third-order valence-corrected chi connectivity index (χ3v) is 3.30. The molecule has 2 aromatic rings. The minimum Gasteiger partial charge on any atom is -0.496 e. The predicted molar refractivity (Wildman–Crippen MR) is 77.0 cm³/mol. The lowest BCUT2D eigenvalue weighted by molar-refractivity contribution is 0.386. The van der Waals surface area contributed by atoms with Gasteiger partial charge < -0.3 is 15.2 Å². The first-order chi connectivity index (χ1) is 9.56. The number of halogens is 2. The highest BCUT2D eigenvalue weighted by atomic mass is 35.5. The quantitative estimate of drug-likeness (QED) is 0.938. The van der Waals surface area contributed by atoms with Crippen molar-refractivity contribution in [2.75, 3.05) is 14.2 Å². The van der Waals surface area contributed by atoms with Crippen molar-refractivity contribution in [1.29, 1.82) is 0 Å². The van der Waals surface area contributed by atoms with E-state index in [2.05, 4.69) is 0 Å². The Balaban J connectivity index is 2.43. The van der Waals surface area contributed by atoms with Gasteiger partial charge in [0.1, 0.15) is 5.75 Å². The lowest BCUT2D eigenvalue weighted by Gasteiger charge is -2.17. The van der Waals surface area contributed by atoms with Gasteiger partial charge >= 0.3 is 0 Å². The maximum Gasteiger partial charge on any atom is 0.165 e. The summed E-state index contributed by atoms with van der Waals surface area (Å²) < 4.78 is 23.9. The lowest BCUT2D eigenvalue weighted by atomic mass is 9.98. The standard InChI is InChI=1S/C15H15ClFNO2/c1-19-13-6-4-10(16)8-11(13)15(18)9-3-5-14(20-2)12(17)7-9/h3-8,15H,18H2,1-2H3. The van der Waals surface area contributed by atoms with E-state index in [9.17, 15) is 4.39 Å². The SMILES string of the molecule is COc1ccc(C(N)c2cc(Cl)ccc2OC)cc1F. The molecule has 0 bridgehead atoms. The zero-order valence-electron chi connectivity index (χ0n) is 11.2. The number of rotatable bonds is 4. The van der Waals surface area contributed by atoms with E-state index in [0.717, 1.165) is 0 Å². The Kier molecular flexibility index (Phi) is 4.47. The summed E-state index contributed by atoms with van der Waals surface area (Å²) in [5.74, 6) is 0.332. The highest BCUT2D eigenvalue weighted by Crippen LogP contribution is 2.32. The second kappa shape index (κ2) is 6.11. The number of hydrogen-bond donors (Lipinski definition) is 1. The molecule has 5 heteroatoms. The van der Waals surface area contributed by atoms with Gasteiger partial charge in [0, 0.05) is 10.6 Å². The Morgan fingerprint density at radius 2 is 1.70 bits per heavy atom. The summed E-state index contributed by atoms with van der Waals surface area (Å²) in [5.41, 5.74) is 7.49. The molecule has 20 heavy (non-hydrogen) atoms. The van der Waals surface area contributed by atoms with Crippen LogP contribution in [0.15, 0.2) is 36.4 Å². The minimum atomic E-state index is -0.538. The van der Waals surface area contributed by atoms with Crippen LogP contribution in [0.2, 0.25) is 5.02 Å². The van der Waals surface area contributed by atoms with Crippen molar-refractivity contribution < 1.29 is 13.9 Å². The molecule has 0 fully saturated rings. The maximum atomic E-state index is 13.8. The molecule has 0 amide bonds. The first-order valence-corrected chi connectivity index (χ1v) is 6.37. The van der Waals surface area contributed by atoms with Crippen LogP contribution in [0.25, 0.3) is 0 Å². The van der Waals surface area contributed by atoms with Gasteiger partial charge in [-0.3, -0.25) is 0 Å². The van der Waals surface area contributed by atoms with Gasteiger partial charge in [-0.25, -0.2) is 4.39 Å². The zero-order chi connectivity index (χ0) is 14.7. The van der Waals surface area contributed by atoms with Crippen molar-refractivity contribution in [3.05, 3.63) is 58.4 Å². The van der Waals surface area contributed by atoms with Gasteiger partial charge in [0.05, 0.1) is 20.3 Å². The van der Waals surface area contributed by atoms with E-state index in [1.165, 1.54) is 13.2 Å². The van der Waals surface area contributed by atoms with Crippen molar-refractivity contribution >= 4 is 11.6 Å². The fourth-order valence-electron chi connectivity index (χ4n) is 2.00. The van der Waals surface area contributed by atoms with Crippen molar-refractivity contribution in [1.82, 2.24) is 0 Å². The number of nitrogens with two attached hydrogens (primary N) is 1. The molecular formula is C15H15ClFNO2.